The largest absolute Gasteiger partial charge is 0.382 e. The number of amides is 1. The Labute approximate surface area is 181 Å². The summed E-state index contributed by atoms with van der Waals surface area (Å²) in [6.45, 7) is 2.06. The van der Waals surface area contributed by atoms with Gasteiger partial charge in [0.1, 0.15) is 14.9 Å². The van der Waals surface area contributed by atoms with Crippen LogP contribution >= 0.6 is 34.7 Å². The molecule has 0 radical (unpaired) electrons. The third kappa shape index (κ3) is 5.27. The lowest BCUT2D eigenvalue weighted by Gasteiger charge is -2.07. The number of aromatic nitrogens is 2. The minimum atomic E-state index is -3.85. The number of halogens is 1. The number of hydrogen-bond donors (Lipinski definition) is 2. The maximum atomic E-state index is 12.6. The molecule has 0 aliphatic carbocycles. The Hall–Kier alpha value is -2.14. The topological polar surface area (TPSA) is 115 Å². The molecule has 7 nitrogen and oxygen atoms in total. The first kappa shape index (κ1) is 21.6. The van der Waals surface area contributed by atoms with Crippen LogP contribution in [0.5, 0.6) is 0 Å². The van der Waals surface area contributed by atoms with Crippen LogP contribution in [0.25, 0.3) is 0 Å². The van der Waals surface area contributed by atoms with Crippen molar-refractivity contribution in [2.45, 2.75) is 27.6 Å². The minimum Gasteiger partial charge on any atom is -0.382 e. The molecule has 0 aliphatic heterocycles. The van der Waals surface area contributed by atoms with Gasteiger partial charge in [0.05, 0.1) is 16.3 Å². The first-order valence-corrected chi connectivity index (χ1v) is 12.1. The number of carbonyl (C=O) groups is 1. The van der Waals surface area contributed by atoms with Gasteiger partial charge in [0.15, 0.2) is 5.16 Å². The molecule has 0 spiro atoms. The molecule has 0 bridgehead atoms. The predicted octanol–water partition coefficient (Wildman–Crippen LogP) is 3.90. The molecule has 2 aromatic heterocycles. The molecule has 0 aliphatic rings. The van der Waals surface area contributed by atoms with Crippen LogP contribution in [0, 0.1) is 0 Å². The molecule has 152 valence electrons. The number of nitrogen functional groups attached to an aromatic ring is 1. The van der Waals surface area contributed by atoms with Crippen molar-refractivity contribution in [3.8, 4) is 0 Å². The van der Waals surface area contributed by atoms with Gasteiger partial charge in [0.25, 0.3) is 0 Å². The SMILES string of the molecule is CCc1ccc(NC(=O)CSc2ncc(S(=O)(=O)c3ccc(Cl)s3)c(N)n2)cc1. The first-order chi connectivity index (χ1) is 13.8. The second-order valence-corrected chi connectivity index (χ2v) is 10.7. The Morgan fingerprint density at radius 3 is 2.55 bits per heavy atom. The van der Waals surface area contributed by atoms with E-state index in [1.807, 2.05) is 24.3 Å². The number of aryl methyl sites for hydroxylation is 1. The average Bonchev–Trinajstić information content (AvgIpc) is 3.14. The normalized spacial score (nSPS) is 11.4. The molecule has 0 saturated heterocycles. The molecule has 3 N–H and O–H groups in total. The summed E-state index contributed by atoms with van der Waals surface area (Å²) < 4.78 is 25.6. The lowest BCUT2D eigenvalue weighted by Crippen LogP contribution is -2.14. The Balaban J connectivity index is 1.65. The number of sulfone groups is 1. The highest BCUT2D eigenvalue weighted by Gasteiger charge is 2.24. The van der Waals surface area contributed by atoms with Crippen molar-refractivity contribution in [2.75, 3.05) is 16.8 Å². The Morgan fingerprint density at radius 1 is 1.24 bits per heavy atom. The van der Waals surface area contributed by atoms with Crippen LogP contribution in [0.4, 0.5) is 11.5 Å². The van der Waals surface area contributed by atoms with Gasteiger partial charge in [-0.15, -0.1) is 11.3 Å². The third-order valence-electron chi connectivity index (χ3n) is 3.84. The fourth-order valence-electron chi connectivity index (χ4n) is 2.35. The van der Waals surface area contributed by atoms with E-state index in [0.717, 1.165) is 35.7 Å². The number of rotatable bonds is 7. The fourth-order valence-corrected chi connectivity index (χ4v) is 5.84. The summed E-state index contributed by atoms with van der Waals surface area (Å²) in [7, 11) is -3.85. The molecular formula is C18H17ClN4O3S3. The molecule has 0 atom stereocenters. The van der Waals surface area contributed by atoms with Crippen LogP contribution in [0.1, 0.15) is 12.5 Å². The lowest BCUT2D eigenvalue weighted by atomic mass is 10.1. The standard InChI is InChI=1S/C18H17ClN4O3S3/c1-2-11-3-5-12(6-4-11)22-15(24)10-27-18-21-9-13(17(20)23-18)29(25,26)16-8-7-14(19)28-16/h3-9H,2,10H2,1H3,(H,22,24)(H2,20,21,23). The van der Waals surface area contributed by atoms with Gasteiger partial charge in [-0.05, 0) is 36.2 Å². The van der Waals surface area contributed by atoms with E-state index < -0.39 is 9.84 Å². The first-order valence-electron chi connectivity index (χ1n) is 8.44. The van der Waals surface area contributed by atoms with Crippen LogP contribution in [-0.4, -0.2) is 30.0 Å². The van der Waals surface area contributed by atoms with Crippen molar-refractivity contribution in [1.29, 1.82) is 0 Å². The summed E-state index contributed by atoms with van der Waals surface area (Å²) in [5, 5.41) is 2.99. The van der Waals surface area contributed by atoms with Crippen LogP contribution in [-0.2, 0) is 21.1 Å². The summed E-state index contributed by atoms with van der Waals surface area (Å²) in [4.78, 5) is 20.0. The van der Waals surface area contributed by atoms with Crippen LogP contribution < -0.4 is 11.1 Å². The molecule has 0 saturated carbocycles. The van der Waals surface area contributed by atoms with Crippen molar-refractivity contribution in [1.82, 2.24) is 9.97 Å². The molecule has 11 heteroatoms. The number of anilines is 2. The van der Waals surface area contributed by atoms with Crippen LogP contribution in [0.3, 0.4) is 0 Å². The molecule has 2 heterocycles. The van der Waals surface area contributed by atoms with Crippen molar-refractivity contribution in [3.05, 3.63) is 52.5 Å². The number of thioether (sulfide) groups is 1. The van der Waals surface area contributed by atoms with Gasteiger partial charge >= 0.3 is 0 Å². The molecule has 0 unspecified atom stereocenters. The predicted molar refractivity (Wildman–Crippen MR) is 116 cm³/mol. The third-order valence-corrected chi connectivity index (χ3v) is 8.20. The van der Waals surface area contributed by atoms with E-state index in [2.05, 4.69) is 22.2 Å². The lowest BCUT2D eigenvalue weighted by molar-refractivity contribution is -0.113. The van der Waals surface area contributed by atoms with E-state index in [4.69, 9.17) is 17.3 Å². The van der Waals surface area contributed by atoms with Crippen molar-refractivity contribution in [3.63, 3.8) is 0 Å². The number of carbonyl (C=O) groups excluding carboxylic acids is 1. The number of nitrogens with zero attached hydrogens (tertiary/aromatic N) is 2. The van der Waals surface area contributed by atoms with E-state index in [0.29, 0.717) is 10.0 Å². The number of hydrogen-bond acceptors (Lipinski definition) is 8. The van der Waals surface area contributed by atoms with Gasteiger partial charge in [-0.3, -0.25) is 4.79 Å². The van der Waals surface area contributed by atoms with Crippen molar-refractivity contribution < 1.29 is 13.2 Å². The fraction of sp³-hybridized carbons (Fsp3) is 0.167. The average molecular weight is 469 g/mol. The second kappa shape index (κ2) is 9.12. The van der Waals surface area contributed by atoms with Gasteiger partial charge in [0.2, 0.25) is 15.7 Å². The number of nitrogens with one attached hydrogen (secondary N) is 1. The second-order valence-electron chi connectivity index (χ2n) is 5.85. The van der Waals surface area contributed by atoms with E-state index in [1.54, 1.807) is 0 Å². The molecule has 3 aromatic rings. The zero-order chi connectivity index (χ0) is 21.0. The smallest absolute Gasteiger partial charge is 0.234 e. The van der Waals surface area contributed by atoms with Crippen LogP contribution in [0.2, 0.25) is 4.34 Å². The number of benzene rings is 1. The van der Waals surface area contributed by atoms with Crippen molar-refractivity contribution >= 4 is 61.9 Å². The Kier molecular flexibility index (Phi) is 6.78. The zero-order valence-electron chi connectivity index (χ0n) is 15.3. The summed E-state index contributed by atoms with van der Waals surface area (Å²) in [6.07, 6.45) is 2.07. The summed E-state index contributed by atoms with van der Waals surface area (Å²) in [5.74, 6) is -0.351. The molecule has 29 heavy (non-hydrogen) atoms. The summed E-state index contributed by atoms with van der Waals surface area (Å²) in [6, 6.07) is 10.5. The highest BCUT2D eigenvalue weighted by Crippen LogP contribution is 2.32. The van der Waals surface area contributed by atoms with E-state index in [1.165, 1.54) is 17.7 Å². The highest BCUT2D eigenvalue weighted by atomic mass is 35.5. The van der Waals surface area contributed by atoms with Crippen molar-refractivity contribution in [2.24, 2.45) is 0 Å². The van der Waals surface area contributed by atoms with Gasteiger partial charge < -0.3 is 11.1 Å². The highest BCUT2D eigenvalue weighted by molar-refractivity contribution is 7.99. The van der Waals surface area contributed by atoms with E-state index >= 15 is 0 Å². The Bertz CT molecular complexity index is 1130. The van der Waals surface area contributed by atoms with E-state index in [9.17, 15) is 13.2 Å². The van der Waals surface area contributed by atoms with Gasteiger partial charge in [-0.1, -0.05) is 42.4 Å². The summed E-state index contributed by atoms with van der Waals surface area (Å²) >= 11 is 7.80. The van der Waals surface area contributed by atoms with Crippen LogP contribution in [0.15, 0.2) is 56.9 Å². The van der Waals surface area contributed by atoms with Gasteiger partial charge in [-0.2, -0.15) is 0 Å². The molecule has 1 aromatic carbocycles. The maximum absolute atomic E-state index is 12.6. The quantitative estimate of drug-likeness (QED) is 0.399. The number of thiophene rings is 1. The monoisotopic (exact) mass is 468 g/mol. The molecule has 1 amide bonds. The van der Waals surface area contributed by atoms with Gasteiger partial charge in [0, 0.05) is 5.69 Å². The molecule has 0 fully saturated rings. The zero-order valence-corrected chi connectivity index (χ0v) is 18.5. The van der Waals surface area contributed by atoms with E-state index in [-0.39, 0.29) is 31.7 Å². The number of nitrogens with two attached hydrogens (primary N) is 1. The minimum absolute atomic E-state index is 0.0571. The summed E-state index contributed by atoms with van der Waals surface area (Å²) in [5.41, 5.74) is 7.72. The van der Waals surface area contributed by atoms with Gasteiger partial charge in [-0.25, -0.2) is 18.4 Å². The molecule has 3 rings (SSSR count). The maximum Gasteiger partial charge on any atom is 0.234 e. The molecular weight excluding hydrogens is 452 g/mol. The Morgan fingerprint density at radius 2 is 1.97 bits per heavy atom.